The van der Waals surface area contributed by atoms with Crippen LogP contribution < -0.4 is 5.32 Å². The number of alkyl halides is 3. The van der Waals surface area contributed by atoms with Crippen LogP contribution in [0.3, 0.4) is 0 Å². The van der Waals surface area contributed by atoms with Crippen molar-refractivity contribution >= 4 is 11.6 Å². The molecule has 124 valence electrons. The summed E-state index contributed by atoms with van der Waals surface area (Å²) in [5, 5.41) is 12.3. The van der Waals surface area contributed by atoms with Crippen LogP contribution in [0.2, 0.25) is 5.02 Å². The molecule has 2 N–H and O–H groups in total. The second-order valence-electron chi connectivity index (χ2n) is 5.40. The largest absolute Gasteiger partial charge is 0.416 e. The van der Waals surface area contributed by atoms with Crippen LogP contribution in [0.4, 0.5) is 13.2 Å². The number of nitrogens with one attached hydrogen (secondary N) is 1. The molecule has 0 aliphatic carbocycles. The first-order valence-electron chi connectivity index (χ1n) is 7.35. The van der Waals surface area contributed by atoms with Gasteiger partial charge in [0, 0.05) is 43.9 Å². The van der Waals surface area contributed by atoms with Gasteiger partial charge in [-0.3, -0.25) is 4.90 Å². The summed E-state index contributed by atoms with van der Waals surface area (Å²) in [6, 6.07) is 3.60. The van der Waals surface area contributed by atoms with E-state index in [1.807, 2.05) is 4.90 Å². The van der Waals surface area contributed by atoms with Gasteiger partial charge in [0.2, 0.25) is 0 Å². The van der Waals surface area contributed by atoms with Gasteiger partial charge in [-0.05, 0) is 30.5 Å². The molecule has 0 amide bonds. The number of halogens is 4. The van der Waals surface area contributed by atoms with Crippen molar-refractivity contribution in [3.8, 4) is 0 Å². The zero-order valence-electron chi connectivity index (χ0n) is 12.2. The van der Waals surface area contributed by atoms with E-state index in [2.05, 4.69) is 5.32 Å². The van der Waals surface area contributed by atoms with Gasteiger partial charge in [-0.15, -0.1) is 0 Å². The minimum Gasteiger partial charge on any atom is -0.396 e. The first-order valence-corrected chi connectivity index (χ1v) is 7.73. The Morgan fingerprint density at radius 1 is 1.27 bits per heavy atom. The first kappa shape index (κ1) is 17.5. The highest BCUT2D eigenvalue weighted by Gasteiger charge is 2.36. The van der Waals surface area contributed by atoms with Crippen molar-refractivity contribution < 1.29 is 18.3 Å². The van der Waals surface area contributed by atoms with E-state index in [1.165, 1.54) is 12.1 Å². The van der Waals surface area contributed by atoms with E-state index in [0.29, 0.717) is 25.9 Å². The maximum atomic E-state index is 13.3. The molecule has 1 aromatic rings. The molecule has 0 radical (unpaired) electrons. The van der Waals surface area contributed by atoms with Gasteiger partial charge in [-0.1, -0.05) is 17.7 Å². The molecule has 22 heavy (non-hydrogen) atoms. The van der Waals surface area contributed by atoms with E-state index in [0.717, 1.165) is 19.2 Å². The molecule has 0 aromatic heterocycles. The Bertz CT molecular complexity index is 490. The zero-order chi connectivity index (χ0) is 16.2. The predicted octanol–water partition coefficient (Wildman–Crippen LogP) is 3.08. The van der Waals surface area contributed by atoms with Crippen molar-refractivity contribution in [2.75, 3.05) is 32.8 Å². The van der Waals surface area contributed by atoms with Crippen LogP contribution in [0.25, 0.3) is 0 Å². The number of nitrogens with zero attached hydrogens (tertiary/aromatic N) is 1. The molecule has 1 atom stereocenters. The minimum atomic E-state index is -4.44. The summed E-state index contributed by atoms with van der Waals surface area (Å²) in [5.41, 5.74) is -0.436. The highest BCUT2D eigenvalue weighted by Crippen LogP contribution is 2.39. The molecule has 0 unspecified atom stereocenters. The van der Waals surface area contributed by atoms with Crippen molar-refractivity contribution in [2.45, 2.75) is 25.1 Å². The SMILES string of the molecule is OCCC[C@@H](c1ccc(Cl)cc1C(F)(F)F)N1CCNCC1. The average Bonchev–Trinajstić information content (AvgIpc) is 2.49. The second kappa shape index (κ2) is 7.64. The van der Waals surface area contributed by atoms with E-state index in [9.17, 15) is 13.2 Å². The molecule has 0 spiro atoms. The Labute approximate surface area is 133 Å². The van der Waals surface area contributed by atoms with E-state index in [1.54, 1.807) is 0 Å². The molecule has 1 aliphatic rings. The number of hydrogen-bond acceptors (Lipinski definition) is 3. The first-order chi connectivity index (χ1) is 10.4. The van der Waals surface area contributed by atoms with Crippen LogP contribution in [-0.4, -0.2) is 42.8 Å². The van der Waals surface area contributed by atoms with Gasteiger partial charge in [-0.25, -0.2) is 0 Å². The van der Waals surface area contributed by atoms with Gasteiger partial charge in [0.25, 0.3) is 0 Å². The number of benzene rings is 1. The maximum Gasteiger partial charge on any atom is 0.416 e. The third-order valence-corrected chi connectivity index (χ3v) is 4.14. The molecule has 7 heteroatoms. The number of hydrogen-bond donors (Lipinski definition) is 2. The van der Waals surface area contributed by atoms with Crippen molar-refractivity contribution in [1.29, 1.82) is 0 Å². The standard InChI is InChI=1S/C15H20ClF3N2O/c16-11-3-4-12(13(10-11)15(17,18)19)14(2-1-9-22)21-7-5-20-6-8-21/h3-4,10,14,20,22H,1-2,5-9H2/t14-/m0/s1. The molecular weight excluding hydrogens is 317 g/mol. The summed E-state index contributed by atoms with van der Waals surface area (Å²) in [7, 11) is 0. The molecule has 1 heterocycles. The van der Waals surface area contributed by atoms with E-state index in [-0.39, 0.29) is 23.2 Å². The van der Waals surface area contributed by atoms with Gasteiger partial charge in [0.15, 0.2) is 0 Å². The fourth-order valence-electron chi connectivity index (χ4n) is 2.88. The number of aliphatic hydroxyl groups excluding tert-OH is 1. The Hall–Kier alpha value is -0.820. The van der Waals surface area contributed by atoms with Crippen LogP contribution in [0.1, 0.15) is 30.0 Å². The highest BCUT2D eigenvalue weighted by molar-refractivity contribution is 6.30. The van der Waals surface area contributed by atoms with E-state index >= 15 is 0 Å². The summed E-state index contributed by atoms with van der Waals surface area (Å²) < 4.78 is 40.0. The molecule has 1 fully saturated rings. The van der Waals surface area contributed by atoms with Crippen molar-refractivity contribution in [3.63, 3.8) is 0 Å². The summed E-state index contributed by atoms with van der Waals surface area (Å²) in [6.07, 6.45) is -3.48. The average molecular weight is 337 g/mol. The molecular formula is C15H20ClF3N2O. The number of piperazine rings is 1. The number of rotatable bonds is 5. The molecule has 1 saturated heterocycles. The van der Waals surface area contributed by atoms with Gasteiger partial charge < -0.3 is 10.4 Å². The van der Waals surface area contributed by atoms with Crippen LogP contribution in [0.15, 0.2) is 18.2 Å². The van der Waals surface area contributed by atoms with Gasteiger partial charge in [0.1, 0.15) is 0 Å². The maximum absolute atomic E-state index is 13.3. The Morgan fingerprint density at radius 2 is 1.95 bits per heavy atom. The van der Waals surface area contributed by atoms with E-state index in [4.69, 9.17) is 16.7 Å². The lowest BCUT2D eigenvalue weighted by Gasteiger charge is -2.36. The van der Waals surface area contributed by atoms with Crippen LogP contribution in [0, 0.1) is 0 Å². The smallest absolute Gasteiger partial charge is 0.396 e. The molecule has 2 rings (SSSR count). The quantitative estimate of drug-likeness (QED) is 0.867. The van der Waals surface area contributed by atoms with Crippen molar-refractivity contribution in [1.82, 2.24) is 10.2 Å². The van der Waals surface area contributed by atoms with Crippen LogP contribution >= 0.6 is 11.6 Å². The normalized spacial score (nSPS) is 18.4. The Morgan fingerprint density at radius 3 is 2.55 bits per heavy atom. The summed E-state index contributed by atoms with van der Waals surface area (Å²) in [6.45, 7) is 2.86. The predicted molar refractivity (Wildman–Crippen MR) is 80.0 cm³/mol. The third kappa shape index (κ3) is 4.35. The lowest BCUT2D eigenvalue weighted by Crippen LogP contribution is -2.45. The monoisotopic (exact) mass is 336 g/mol. The molecule has 3 nitrogen and oxygen atoms in total. The third-order valence-electron chi connectivity index (χ3n) is 3.91. The molecule has 1 aromatic carbocycles. The molecule has 0 bridgehead atoms. The second-order valence-corrected chi connectivity index (χ2v) is 5.83. The fraction of sp³-hybridized carbons (Fsp3) is 0.600. The van der Waals surface area contributed by atoms with Gasteiger partial charge in [-0.2, -0.15) is 13.2 Å². The highest BCUT2D eigenvalue weighted by atomic mass is 35.5. The summed E-state index contributed by atoms with van der Waals surface area (Å²) in [5.74, 6) is 0. The minimum absolute atomic E-state index is 0.0302. The summed E-state index contributed by atoms with van der Waals surface area (Å²) in [4.78, 5) is 2.05. The van der Waals surface area contributed by atoms with Crippen molar-refractivity contribution in [3.05, 3.63) is 34.3 Å². The summed E-state index contributed by atoms with van der Waals surface area (Å²) >= 11 is 5.75. The Kier molecular flexibility index (Phi) is 6.09. The van der Waals surface area contributed by atoms with Gasteiger partial charge >= 0.3 is 6.18 Å². The molecule has 0 saturated carbocycles. The lowest BCUT2D eigenvalue weighted by atomic mass is 9.94. The lowest BCUT2D eigenvalue weighted by molar-refractivity contribution is -0.138. The zero-order valence-corrected chi connectivity index (χ0v) is 12.9. The molecule has 1 aliphatic heterocycles. The van der Waals surface area contributed by atoms with Crippen LogP contribution in [0.5, 0.6) is 0 Å². The van der Waals surface area contributed by atoms with Crippen molar-refractivity contribution in [2.24, 2.45) is 0 Å². The van der Waals surface area contributed by atoms with Crippen LogP contribution in [-0.2, 0) is 6.18 Å². The topological polar surface area (TPSA) is 35.5 Å². The van der Waals surface area contributed by atoms with Gasteiger partial charge in [0.05, 0.1) is 5.56 Å². The van der Waals surface area contributed by atoms with E-state index < -0.39 is 11.7 Å². The fourth-order valence-corrected chi connectivity index (χ4v) is 3.05. The Balaban J connectivity index is 2.37. The number of aliphatic hydroxyl groups is 1.